The lowest BCUT2D eigenvalue weighted by Gasteiger charge is -2.10. The molecule has 0 aromatic heterocycles. The summed E-state index contributed by atoms with van der Waals surface area (Å²) < 4.78 is 5.66. The first-order valence-corrected chi connectivity index (χ1v) is 5.14. The molecule has 0 N–H and O–H groups in total. The number of rotatable bonds is 0. The van der Waals surface area contributed by atoms with E-state index < -0.39 is 0 Å². The molecule has 1 aromatic carbocycles. The number of para-hydroxylation sites is 1. The molecule has 15 heavy (non-hydrogen) atoms. The highest BCUT2D eigenvalue weighted by Gasteiger charge is 2.03. The maximum absolute atomic E-state index is 5.66. The average Bonchev–Trinajstić information content (AvgIpc) is 2.25. The van der Waals surface area contributed by atoms with Crippen molar-refractivity contribution in [3.05, 3.63) is 66.5 Å². The lowest BCUT2D eigenvalue weighted by molar-refractivity contribution is 0.441. The summed E-state index contributed by atoms with van der Waals surface area (Å²) in [6.45, 7) is 3.84. The number of aryl methyl sites for hydroxylation is 1. The Labute approximate surface area is 90.4 Å². The van der Waals surface area contributed by atoms with Gasteiger partial charge in [0.05, 0.1) is 0 Å². The number of allylic oxidation sites excluding steroid dienone is 4. The van der Waals surface area contributed by atoms with E-state index >= 15 is 0 Å². The van der Waals surface area contributed by atoms with Crippen LogP contribution in [-0.4, -0.2) is 0 Å². The predicted octanol–water partition coefficient (Wildman–Crippen LogP) is 3.64. The third kappa shape index (κ3) is 2.59. The molecule has 1 aromatic rings. The molecule has 0 aliphatic carbocycles. The molecule has 1 nitrogen and oxygen atoms in total. The van der Waals surface area contributed by atoms with Crippen LogP contribution in [0, 0.1) is 0 Å². The number of fused-ring (bicyclic) bond motifs is 1. The van der Waals surface area contributed by atoms with Crippen molar-refractivity contribution in [1.82, 2.24) is 0 Å². The van der Waals surface area contributed by atoms with E-state index in [1.807, 2.05) is 36.4 Å². The van der Waals surface area contributed by atoms with E-state index in [2.05, 4.69) is 18.7 Å². The second-order valence-corrected chi connectivity index (χ2v) is 3.50. The van der Waals surface area contributed by atoms with Crippen LogP contribution in [0.2, 0.25) is 0 Å². The SMILES string of the molecule is C=C1/C=C\C=C/CCc2ccccc2O1. The second-order valence-electron chi connectivity index (χ2n) is 3.50. The van der Waals surface area contributed by atoms with Crippen LogP contribution in [-0.2, 0) is 6.42 Å². The quantitative estimate of drug-likeness (QED) is 0.618. The summed E-state index contributed by atoms with van der Waals surface area (Å²) in [7, 11) is 0. The zero-order chi connectivity index (χ0) is 10.5. The highest BCUT2D eigenvalue weighted by atomic mass is 16.5. The molecule has 0 amide bonds. The summed E-state index contributed by atoms with van der Waals surface area (Å²) in [6.07, 6.45) is 10.1. The van der Waals surface area contributed by atoms with Crippen LogP contribution in [0.4, 0.5) is 0 Å². The Morgan fingerprint density at radius 1 is 1.13 bits per heavy atom. The van der Waals surface area contributed by atoms with Crippen molar-refractivity contribution in [2.24, 2.45) is 0 Å². The van der Waals surface area contributed by atoms with Gasteiger partial charge in [0, 0.05) is 0 Å². The van der Waals surface area contributed by atoms with Gasteiger partial charge in [0.1, 0.15) is 11.5 Å². The van der Waals surface area contributed by atoms with Crippen LogP contribution in [0.3, 0.4) is 0 Å². The van der Waals surface area contributed by atoms with Gasteiger partial charge in [-0.3, -0.25) is 0 Å². The molecule has 1 aliphatic heterocycles. The molecule has 0 fully saturated rings. The lowest BCUT2D eigenvalue weighted by atomic mass is 10.1. The van der Waals surface area contributed by atoms with Gasteiger partial charge in [-0.05, 0) is 30.5 Å². The Morgan fingerprint density at radius 2 is 2.00 bits per heavy atom. The van der Waals surface area contributed by atoms with Gasteiger partial charge in [-0.25, -0.2) is 0 Å². The minimum atomic E-state index is 0.675. The van der Waals surface area contributed by atoms with Gasteiger partial charge in [0.25, 0.3) is 0 Å². The molecule has 76 valence electrons. The zero-order valence-corrected chi connectivity index (χ0v) is 8.65. The van der Waals surface area contributed by atoms with Gasteiger partial charge in [-0.2, -0.15) is 0 Å². The third-order valence-corrected chi connectivity index (χ3v) is 2.32. The van der Waals surface area contributed by atoms with Crippen LogP contribution < -0.4 is 4.74 Å². The highest BCUT2D eigenvalue weighted by molar-refractivity contribution is 5.36. The Kier molecular flexibility index (Phi) is 3.03. The van der Waals surface area contributed by atoms with E-state index in [1.54, 1.807) is 0 Å². The number of hydrogen-bond donors (Lipinski definition) is 0. The van der Waals surface area contributed by atoms with Crippen LogP contribution in [0.5, 0.6) is 5.75 Å². The molecule has 2 rings (SSSR count). The van der Waals surface area contributed by atoms with Crippen molar-refractivity contribution >= 4 is 0 Å². The van der Waals surface area contributed by atoms with Gasteiger partial charge in [-0.15, -0.1) is 0 Å². The van der Waals surface area contributed by atoms with Gasteiger partial charge in [0.15, 0.2) is 0 Å². The van der Waals surface area contributed by atoms with Gasteiger partial charge < -0.3 is 4.74 Å². The van der Waals surface area contributed by atoms with Crippen molar-refractivity contribution in [3.8, 4) is 5.75 Å². The molecular weight excluding hydrogens is 184 g/mol. The number of ether oxygens (including phenoxy) is 1. The Hall–Kier alpha value is -1.76. The molecular formula is C14H14O. The van der Waals surface area contributed by atoms with Crippen molar-refractivity contribution < 1.29 is 4.74 Å². The molecule has 0 unspecified atom stereocenters. The van der Waals surface area contributed by atoms with Gasteiger partial charge in [0.2, 0.25) is 0 Å². The zero-order valence-electron chi connectivity index (χ0n) is 8.65. The van der Waals surface area contributed by atoms with Crippen LogP contribution in [0.15, 0.2) is 60.9 Å². The molecule has 1 aliphatic rings. The van der Waals surface area contributed by atoms with E-state index in [4.69, 9.17) is 4.74 Å². The predicted molar refractivity (Wildman–Crippen MR) is 62.8 cm³/mol. The fourth-order valence-electron chi connectivity index (χ4n) is 1.56. The first kappa shape index (κ1) is 9.78. The van der Waals surface area contributed by atoms with Gasteiger partial charge in [-0.1, -0.05) is 43.0 Å². The molecule has 0 bridgehead atoms. The Bertz CT molecular complexity index is 413. The van der Waals surface area contributed by atoms with E-state index in [0.717, 1.165) is 18.6 Å². The molecule has 0 saturated heterocycles. The fraction of sp³-hybridized carbons (Fsp3) is 0.143. The molecule has 1 heteroatoms. The molecule has 1 heterocycles. The van der Waals surface area contributed by atoms with Crippen molar-refractivity contribution in [2.75, 3.05) is 0 Å². The summed E-state index contributed by atoms with van der Waals surface area (Å²) in [5, 5.41) is 0. The van der Waals surface area contributed by atoms with E-state index in [0.29, 0.717) is 5.76 Å². The van der Waals surface area contributed by atoms with Crippen molar-refractivity contribution in [3.63, 3.8) is 0 Å². The van der Waals surface area contributed by atoms with Gasteiger partial charge >= 0.3 is 0 Å². The Morgan fingerprint density at radius 3 is 2.93 bits per heavy atom. The van der Waals surface area contributed by atoms with Crippen LogP contribution in [0.1, 0.15) is 12.0 Å². The number of benzene rings is 1. The average molecular weight is 198 g/mol. The molecule has 0 atom stereocenters. The monoisotopic (exact) mass is 198 g/mol. The van der Waals surface area contributed by atoms with Crippen LogP contribution in [0.25, 0.3) is 0 Å². The lowest BCUT2D eigenvalue weighted by Crippen LogP contribution is -1.96. The van der Waals surface area contributed by atoms with Crippen LogP contribution >= 0.6 is 0 Å². The first-order valence-electron chi connectivity index (χ1n) is 5.14. The minimum Gasteiger partial charge on any atom is -0.458 e. The second kappa shape index (κ2) is 4.65. The fourth-order valence-corrected chi connectivity index (χ4v) is 1.56. The van der Waals surface area contributed by atoms with Crippen molar-refractivity contribution in [1.29, 1.82) is 0 Å². The normalized spacial score (nSPS) is 19.9. The summed E-state index contributed by atoms with van der Waals surface area (Å²) in [6, 6.07) is 8.11. The number of hydrogen-bond acceptors (Lipinski definition) is 1. The molecule has 0 radical (unpaired) electrons. The topological polar surface area (TPSA) is 9.23 Å². The molecule has 0 spiro atoms. The summed E-state index contributed by atoms with van der Waals surface area (Å²) in [5.74, 6) is 1.59. The smallest absolute Gasteiger partial charge is 0.130 e. The highest BCUT2D eigenvalue weighted by Crippen LogP contribution is 2.22. The summed E-state index contributed by atoms with van der Waals surface area (Å²) in [5.41, 5.74) is 1.23. The standard InChI is InChI=1S/C14H14O/c1-12-8-4-2-3-5-9-13-10-6-7-11-14(13)15-12/h2-4,6-8,10-11H,1,5,9H2/b3-2-,8-4-. The summed E-state index contributed by atoms with van der Waals surface area (Å²) in [4.78, 5) is 0. The third-order valence-electron chi connectivity index (χ3n) is 2.32. The molecule has 0 saturated carbocycles. The summed E-state index contributed by atoms with van der Waals surface area (Å²) >= 11 is 0. The minimum absolute atomic E-state index is 0.675. The van der Waals surface area contributed by atoms with E-state index in [9.17, 15) is 0 Å². The largest absolute Gasteiger partial charge is 0.458 e. The van der Waals surface area contributed by atoms with E-state index in [-0.39, 0.29) is 0 Å². The maximum Gasteiger partial charge on any atom is 0.130 e. The van der Waals surface area contributed by atoms with E-state index in [1.165, 1.54) is 5.56 Å². The first-order chi connectivity index (χ1) is 7.36. The Balaban J connectivity index is 2.32. The van der Waals surface area contributed by atoms with Crippen molar-refractivity contribution in [2.45, 2.75) is 12.8 Å². The maximum atomic E-state index is 5.66.